The predicted molar refractivity (Wildman–Crippen MR) is 114 cm³/mol. The van der Waals surface area contributed by atoms with Gasteiger partial charge in [0.15, 0.2) is 0 Å². The summed E-state index contributed by atoms with van der Waals surface area (Å²) in [5.41, 5.74) is 4.24. The number of aromatic nitrogens is 1. The molecule has 0 fully saturated rings. The van der Waals surface area contributed by atoms with Crippen LogP contribution in [0.4, 0.5) is 5.69 Å². The first-order valence-corrected chi connectivity index (χ1v) is 9.63. The molecule has 1 aliphatic heterocycles. The fraction of sp³-hybridized carbons (Fsp3) is 0.227. The molecule has 28 heavy (non-hydrogen) atoms. The van der Waals surface area contributed by atoms with E-state index in [0.29, 0.717) is 17.3 Å². The van der Waals surface area contributed by atoms with Gasteiger partial charge < -0.3 is 15.0 Å². The summed E-state index contributed by atoms with van der Waals surface area (Å²) in [7, 11) is 1.68. The highest BCUT2D eigenvalue weighted by Crippen LogP contribution is 2.31. The van der Waals surface area contributed by atoms with Gasteiger partial charge in [-0.3, -0.25) is 9.69 Å². The van der Waals surface area contributed by atoms with E-state index in [0.717, 1.165) is 36.2 Å². The number of hydrogen-bond donors (Lipinski definition) is 2. The number of para-hydroxylation sites is 1. The predicted octanol–water partition coefficient (Wildman–Crippen LogP) is 4.56. The second-order valence-electron chi connectivity index (χ2n) is 6.86. The van der Waals surface area contributed by atoms with Gasteiger partial charge in [-0.05, 0) is 42.3 Å². The fourth-order valence-electron chi connectivity index (χ4n) is 3.55. The number of amides is 1. The minimum absolute atomic E-state index is 0.0539. The van der Waals surface area contributed by atoms with Crippen LogP contribution in [-0.4, -0.2) is 42.5 Å². The Bertz CT molecular complexity index is 1040. The molecule has 0 spiro atoms. The maximum absolute atomic E-state index is 12.3. The number of aromatic amines is 1. The van der Waals surface area contributed by atoms with Gasteiger partial charge >= 0.3 is 0 Å². The maximum Gasteiger partial charge on any atom is 0.238 e. The normalized spacial score (nSPS) is 14.7. The zero-order valence-electron chi connectivity index (χ0n) is 15.7. The number of carbonyl (C=O) groups excluding carboxylic acids is 1. The van der Waals surface area contributed by atoms with E-state index in [1.165, 1.54) is 11.1 Å². The molecule has 2 heterocycles. The van der Waals surface area contributed by atoms with Crippen molar-refractivity contribution < 1.29 is 9.53 Å². The fourth-order valence-corrected chi connectivity index (χ4v) is 3.73. The van der Waals surface area contributed by atoms with Gasteiger partial charge in [0.25, 0.3) is 0 Å². The van der Waals surface area contributed by atoms with E-state index in [1.54, 1.807) is 19.2 Å². The van der Waals surface area contributed by atoms with Gasteiger partial charge in [0.1, 0.15) is 5.75 Å². The van der Waals surface area contributed by atoms with Gasteiger partial charge in [0.2, 0.25) is 5.91 Å². The second-order valence-corrected chi connectivity index (χ2v) is 7.26. The third kappa shape index (κ3) is 3.91. The molecule has 0 saturated heterocycles. The van der Waals surface area contributed by atoms with Crippen LogP contribution in [0, 0.1) is 0 Å². The molecule has 0 bridgehead atoms. The number of fused-ring (bicyclic) bond motifs is 1. The lowest BCUT2D eigenvalue weighted by Gasteiger charge is -2.25. The lowest BCUT2D eigenvalue weighted by atomic mass is 9.99. The zero-order chi connectivity index (χ0) is 19.5. The number of hydrogen-bond acceptors (Lipinski definition) is 3. The molecular weight excluding hydrogens is 374 g/mol. The van der Waals surface area contributed by atoms with Crippen LogP contribution in [0.25, 0.3) is 16.5 Å². The molecule has 5 nitrogen and oxygen atoms in total. The van der Waals surface area contributed by atoms with E-state index in [2.05, 4.69) is 33.5 Å². The molecule has 0 saturated carbocycles. The van der Waals surface area contributed by atoms with Crippen molar-refractivity contribution in [3.05, 3.63) is 65.3 Å². The first-order valence-electron chi connectivity index (χ1n) is 9.25. The number of nitrogens with one attached hydrogen (secondary N) is 2. The molecule has 1 aromatic heterocycles. The number of halogens is 1. The number of rotatable bonds is 5. The van der Waals surface area contributed by atoms with Crippen molar-refractivity contribution in [3.8, 4) is 5.75 Å². The molecule has 3 aromatic rings. The van der Waals surface area contributed by atoms with E-state index in [1.807, 2.05) is 24.3 Å². The maximum atomic E-state index is 12.3. The second kappa shape index (κ2) is 8.09. The van der Waals surface area contributed by atoms with E-state index in [-0.39, 0.29) is 5.91 Å². The Morgan fingerprint density at radius 3 is 2.89 bits per heavy atom. The number of benzene rings is 2. The van der Waals surface area contributed by atoms with Crippen LogP contribution in [0.2, 0.25) is 5.02 Å². The van der Waals surface area contributed by atoms with Crippen molar-refractivity contribution in [1.29, 1.82) is 0 Å². The number of H-pyrrole nitrogens is 1. The standard InChI is InChI=1S/C22H22ClN3O2/c1-28-16-6-7-20-17(12-16)18(13-24-20)15-8-10-26(11-9-15)14-22(27)25-21-5-3-2-4-19(21)23/h2-8,12-13,24H,9-11,14H2,1H3,(H,25,27). The highest BCUT2D eigenvalue weighted by atomic mass is 35.5. The lowest BCUT2D eigenvalue weighted by Crippen LogP contribution is -2.36. The Balaban J connectivity index is 1.42. The molecule has 1 amide bonds. The minimum Gasteiger partial charge on any atom is -0.497 e. The quantitative estimate of drug-likeness (QED) is 0.666. The van der Waals surface area contributed by atoms with Crippen molar-refractivity contribution in [2.24, 2.45) is 0 Å². The summed E-state index contributed by atoms with van der Waals surface area (Å²) in [5.74, 6) is 0.796. The van der Waals surface area contributed by atoms with Crippen molar-refractivity contribution in [2.75, 3.05) is 32.1 Å². The van der Waals surface area contributed by atoms with Gasteiger partial charge in [0, 0.05) is 35.8 Å². The largest absolute Gasteiger partial charge is 0.497 e. The molecule has 2 N–H and O–H groups in total. The number of carbonyl (C=O) groups is 1. The molecule has 0 radical (unpaired) electrons. The molecule has 6 heteroatoms. The Kier molecular flexibility index (Phi) is 5.37. The molecular formula is C22H22ClN3O2. The highest BCUT2D eigenvalue weighted by Gasteiger charge is 2.18. The molecule has 0 aliphatic carbocycles. The molecule has 144 valence electrons. The van der Waals surface area contributed by atoms with E-state index in [4.69, 9.17) is 16.3 Å². The monoisotopic (exact) mass is 395 g/mol. The molecule has 0 atom stereocenters. The SMILES string of the molecule is COc1ccc2[nH]cc(C3=CCN(CC(=O)Nc4ccccc4Cl)CC3)c2c1. The molecule has 0 unspecified atom stereocenters. The van der Waals surface area contributed by atoms with E-state index in [9.17, 15) is 4.79 Å². The zero-order valence-corrected chi connectivity index (χ0v) is 16.4. The summed E-state index contributed by atoms with van der Waals surface area (Å²) in [6.45, 7) is 1.91. The first kappa shape index (κ1) is 18.6. The van der Waals surface area contributed by atoms with Crippen LogP contribution in [0.15, 0.2) is 54.7 Å². The molecule has 1 aliphatic rings. The third-order valence-electron chi connectivity index (χ3n) is 5.04. The van der Waals surface area contributed by atoms with Crippen molar-refractivity contribution >= 4 is 39.7 Å². The Labute approximate surface area is 168 Å². The first-order chi connectivity index (χ1) is 13.6. The third-order valence-corrected chi connectivity index (χ3v) is 5.37. The lowest BCUT2D eigenvalue weighted by molar-refractivity contribution is -0.117. The summed E-state index contributed by atoms with van der Waals surface area (Å²) in [6, 6.07) is 13.3. The molecule has 2 aromatic carbocycles. The van der Waals surface area contributed by atoms with E-state index >= 15 is 0 Å². The van der Waals surface area contributed by atoms with Crippen molar-refractivity contribution in [1.82, 2.24) is 9.88 Å². The topological polar surface area (TPSA) is 57.4 Å². The van der Waals surface area contributed by atoms with E-state index < -0.39 is 0 Å². The van der Waals surface area contributed by atoms with Crippen LogP contribution in [0.1, 0.15) is 12.0 Å². The minimum atomic E-state index is -0.0539. The summed E-state index contributed by atoms with van der Waals surface area (Å²) < 4.78 is 5.36. The average Bonchev–Trinajstić information content (AvgIpc) is 3.13. The van der Waals surface area contributed by atoms with Crippen LogP contribution in [-0.2, 0) is 4.79 Å². The Morgan fingerprint density at radius 1 is 1.29 bits per heavy atom. The van der Waals surface area contributed by atoms with Crippen molar-refractivity contribution in [3.63, 3.8) is 0 Å². The van der Waals surface area contributed by atoms with Gasteiger partial charge in [-0.2, -0.15) is 0 Å². The molecule has 4 rings (SSSR count). The van der Waals surface area contributed by atoms with Crippen molar-refractivity contribution in [2.45, 2.75) is 6.42 Å². The van der Waals surface area contributed by atoms with Crippen LogP contribution < -0.4 is 10.1 Å². The van der Waals surface area contributed by atoms with Gasteiger partial charge in [0.05, 0.1) is 24.4 Å². The Morgan fingerprint density at radius 2 is 2.14 bits per heavy atom. The smallest absolute Gasteiger partial charge is 0.238 e. The number of ether oxygens (including phenoxy) is 1. The summed E-state index contributed by atoms with van der Waals surface area (Å²) >= 11 is 6.11. The number of anilines is 1. The van der Waals surface area contributed by atoms with Gasteiger partial charge in [-0.1, -0.05) is 29.8 Å². The van der Waals surface area contributed by atoms with Crippen LogP contribution in [0.5, 0.6) is 5.75 Å². The summed E-state index contributed by atoms with van der Waals surface area (Å²) in [5, 5.41) is 4.59. The average molecular weight is 396 g/mol. The number of nitrogens with zero attached hydrogens (tertiary/aromatic N) is 1. The van der Waals surface area contributed by atoms with Gasteiger partial charge in [-0.25, -0.2) is 0 Å². The summed E-state index contributed by atoms with van der Waals surface area (Å²) in [6.07, 6.45) is 5.15. The van der Waals surface area contributed by atoms with Gasteiger partial charge in [-0.15, -0.1) is 0 Å². The summed E-state index contributed by atoms with van der Waals surface area (Å²) in [4.78, 5) is 17.8. The van der Waals surface area contributed by atoms with Crippen LogP contribution >= 0.6 is 11.6 Å². The number of methoxy groups -OCH3 is 1. The van der Waals surface area contributed by atoms with Crippen LogP contribution in [0.3, 0.4) is 0 Å². The Hall–Kier alpha value is -2.76. The highest BCUT2D eigenvalue weighted by molar-refractivity contribution is 6.33.